The molecule has 0 aliphatic carbocycles. The van der Waals surface area contributed by atoms with Crippen molar-refractivity contribution in [1.82, 2.24) is 10.3 Å². The van der Waals surface area contributed by atoms with E-state index in [1.165, 1.54) is 0 Å². The fraction of sp³-hybridized carbons (Fsp3) is 0.583. The fourth-order valence-corrected chi connectivity index (χ4v) is 1.68. The van der Waals surface area contributed by atoms with Crippen LogP contribution in [-0.4, -0.2) is 24.2 Å². The van der Waals surface area contributed by atoms with Crippen molar-refractivity contribution >= 4 is 11.6 Å². The predicted molar refractivity (Wildman–Crippen MR) is 66.8 cm³/mol. The SMILES string of the molecule is CC(C)OCCNC(C)c1cccnc1Cl. The van der Waals surface area contributed by atoms with E-state index in [1.54, 1.807) is 6.20 Å². The summed E-state index contributed by atoms with van der Waals surface area (Å²) in [6.07, 6.45) is 1.97. The highest BCUT2D eigenvalue weighted by molar-refractivity contribution is 6.30. The van der Waals surface area contributed by atoms with Crippen molar-refractivity contribution in [2.75, 3.05) is 13.2 Å². The molecule has 1 N–H and O–H groups in total. The van der Waals surface area contributed by atoms with Crippen LogP contribution >= 0.6 is 11.6 Å². The zero-order valence-corrected chi connectivity index (χ0v) is 10.8. The molecule has 0 radical (unpaired) electrons. The zero-order chi connectivity index (χ0) is 12.0. The van der Waals surface area contributed by atoms with Gasteiger partial charge in [0, 0.05) is 24.3 Å². The Hall–Kier alpha value is -0.640. The number of nitrogens with one attached hydrogen (secondary N) is 1. The van der Waals surface area contributed by atoms with Crippen LogP contribution in [0.3, 0.4) is 0 Å². The maximum atomic E-state index is 6.00. The van der Waals surface area contributed by atoms with Gasteiger partial charge in [-0.1, -0.05) is 17.7 Å². The Morgan fingerprint density at radius 3 is 2.81 bits per heavy atom. The van der Waals surface area contributed by atoms with Crippen molar-refractivity contribution in [3.63, 3.8) is 0 Å². The number of ether oxygens (including phenoxy) is 1. The molecule has 0 saturated heterocycles. The molecule has 0 aromatic carbocycles. The van der Waals surface area contributed by atoms with Gasteiger partial charge in [0.05, 0.1) is 12.7 Å². The second-order valence-electron chi connectivity index (χ2n) is 3.98. The van der Waals surface area contributed by atoms with Crippen molar-refractivity contribution in [2.24, 2.45) is 0 Å². The van der Waals surface area contributed by atoms with Gasteiger partial charge in [0.2, 0.25) is 0 Å². The number of rotatable bonds is 6. The van der Waals surface area contributed by atoms with Gasteiger partial charge in [-0.2, -0.15) is 0 Å². The topological polar surface area (TPSA) is 34.1 Å². The minimum Gasteiger partial charge on any atom is -0.377 e. The van der Waals surface area contributed by atoms with Crippen LogP contribution in [0.1, 0.15) is 32.4 Å². The summed E-state index contributed by atoms with van der Waals surface area (Å²) in [7, 11) is 0. The monoisotopic (exact) mass is 242 g/mol. The zero-order valence-electron chi connectivity index (χ0n) is 10.0. The van der Waals surface area contributed by atoms with Crippen molar-refractivity contribution in [2.45, 2.75) is 32.9 Å². The summed E-state index contributed by atoms with van der Waals surface area (Å²) < 4.78 is 5.45. The summed E-state index contributed by atoms with van der Waals surface area (Å²) in [5.74, 6) is 0. The van der Waals surface area contributed by atoms with Gasteiger partial charge in [0.1, 0.15) is 5.15 Å². The number of aromatic nitrogens is 1. The van der Waals surface area contributed by atoms with Crippen molar-refractivity contribution < 1.29 is 4.74 Å². The average molecular weight is 243 g/mol. The van der Waals surface area contributed by atoms with Crippen LogP contribution in [-0.2, 0) is 4.74 Å². The molecule has 1 atom stereocenters. The Kier molecular flexibility index (Phi) is 5.74. The normalized spacial score (nSPS) is 13.1. The van der Waals surface area contributed by atoms with Gasteiger partial charge in [-0.15, -0.1) is 0 Å². The molecule has 90 valence electrons. The van der Waals surface area contributed by atoms with Crippen LogP contribution in [0.2, 0.25) is 5.15 Å². The molecule has 1 unspecified atom stereocenters. The van der Waals surface area contributed by atoms with Gasteiger partial charge in [0.25, 0.3) is 0 Å². The molecule has 3 nitrogen and oxygen atoms in total. The summed E-state index contributed by atoms with van der Waals surface area (Å²) in [5, 5.41) is 3.91. The Morgan fingerprint density at radius 2 is 2.19 bits per heavy atom. The number of halogens is 1. The molecule has 1 heterocycles. The molecular formula is C12H19ClN2O. The van der Waals surface area contributed by atoms with Crippen molar-refractivity contribution in [3.05, 3.63) is 29.0 Å². The number of nitrogens with zero attached hydrogens (tertiary/aromatic N) is 1. The number of hydrogen-bond acceptors (Lipinski definition) is 3. The predicted octanol–water partition coefficient (Wildman–Crippen LogP) is 2.81. The van der Waals surface area contributed by atoms with Gasteiger partial charge in [-0.05, 0) is 26.8 Å². The van der Waals surface area contributed by atoms with Crippen molar-refractivity contribution in [3.8, 4) is 0 Å². The first kappa shape index (κ1) is 13.4. The van der Waals surface area contributed by atoms with Gasteiger partial charge < -0.3 is 10.1 Å². The van der Waals surface area contributed by atoms with Crippen LogP contribution < -0.4 is 5.32 Å². The van der Waals surface area contributed by atoms with E-state index >= 15 is 0 Å². The minimum absolute atomic E-state index is 0.192. The summed E-state index contributed by atoms with van der Waals surface area (Å²) in [4.78, 5) is 4.05. The summed E-state index contributed by atoms with van der Waals surface area (Å²) in [6, 6.07) is 4.07. The Morgan fingerprint density at radius 1 is 1.44 bits per heavy atom. The molecule has 1 aromatic rings. The van der Waals surface area contributed by atoms with Crippen LogP contribution in [0.15, 0.2) is 18.3 Å². The molecule has 0 amide bonds. The summed E-state index contributed by atoms with van der Waals surface area (Å²) >= 11 is 6.00. The van der Waals surface area contributed by atoms with Gasteiger partial charge in [-0.3, -0.25) is 0 Å². The lowest BCUT2D eigenvalue weighted by Crippen LogP contribution is -2.24. The van der Waals surface area contributed by atoms with E-state index in [0.717, 1.165) is 12.1 Å². The first-order valence-electron chi connectivity index (χ1n) is 5.56. The third-order valence-electron chi connectivity index (χ3n) is 2.26. The van der Waals surface area contributed by atoms with Gasteiger partial charge >= 0.3 is 0 Å². The van der Waals surface area contributed by atoms with Crippen LogP contribution in [0.25, 0.3) is 0 Å². The minimum atomic E-state index is 0.192. The van der Waals surface area contributed by atoms with E-state index in [4.69, 9.17) is 16.3 Å². The van der Waals surface area contributed by atoms with E-state index in [0.29, 0.717) is 11.8 Å². The standard InChI is InChI=1S/C12H19ClN2O/c1-9(2)16-8-7-14-10(3)11-5-4-6-15-12(11)13/h4-6,9-10,14H,7-8H2,1-3H3. The highest BCUT2D eigenvalue weighted by Gasteiger charge is 2.08. The molecule has 0 saturated carbocycles. The van der Waals surface area contributed by atoms with Crippen LogP contribution in [0.4, 0.5) is 0 Å². The summed E-state index contributed by atoms with van der Waals surface area (Å²) in [6.45, 7) is 7.64. The molecule has 0 spiro atoms. The van der Waals surface area contributed by atoms with Gasteiger partial charge in [-0.25, -0.2) is 4.98 Å². The largest absolute Gasteiger partial charge is 0.377 e. The highest BCUT2D eigenvalue weighted by atomic mass is 35.5. The molecule has 0 fully saturated rings. The Balaban J connectivity index is 2.35. The first-order chi connectivity index (χ1) is 7.61. The molecule has 1 rings (SSSR count). The summed E-state index contributed by atoms with van der Waals surface area (Å²) in [5.41, 5.74) is 1.02. The van der Waals surface area contributed by atoms with E-state index in [9.17, 15) is 0 Å². The van der Waals surface area contributed by atoms with Crippen LogP contribution in [0, 0.1) is 0 Å². The lowest BCUT2D eigenvalue weighted by molar-refractivity contribution is 0.0796. The number of pyridine rings is 1. The quantitative estimate of drug-likeness (QED) is 0.615. The maximum Gasteiger partial charge on any atom is 0.133 e. The van der Waals surface area contributed by atoms with E-state index in [2.05, 4.69) is 17.2 Å². The van der Waals surface area contributed by atoms with E-state index < -0.39 is 0 Å². The second-order valence-corrected chi connectivity index (χ2v) is 4.34. The lowest BCUT2D eigenvalue weighted by Gasteiger charge is -2.15. The number of hydrogen-bond donors (Lipinski definition) is 1. The molecule has 0 aliphatic rings. The average Bonchev–Trinajstić information content (AvgIpc) is 2.24. The van der Waals surface area contributed by atoms with Crippen molar-refractivity contribution in [1.29, 1.82) is 0 Å². The smallest absolute Gasteiger partial charge is 0.133 e. The lowest BCUT2D eigenvalue weighted by atomic mass is 10.1. The molecule has 16 heavy (non-hydrogen) atoms. The Bertz CT molecular complexity index is 318. The van der Waals surface area contributed by atoms with E-state index in [-0.39, 0.29) is 12.1 Å². The molecule has 4 heteroatoms. The molecule has 0 bridgehead atoms. The Labute approximate surface area is 102 Å². The van der Waals surface area contributed by atoms with Crippen LogP contribution in [0.5, 0.6) is 0 Å². The highest BCUT2D eigenvalue weighted by Crippen LogP contribution is 2.19. The maximum absolute atomic E-state index is 6.00. The molecule has 0 aliphatic heterocycles. The first-order valence-corrected chi connectivity index (χ1v) is 5.94. The molecular weight excluding hydrogens is 224 g/mol. The third-order valence-corrected chi connectivity index (χ3v) is 2.57. The third kappa shape index (κ3) is 4.47. The fourth-order valence-electron chi connectivity index (χ4n) is 1.40. The van der Waals surface area contributed by atoms with Gasteiger partial charge in [0.15, 0.2) is 0 Å². The second kappa shape index (κ2) is 6.84. The molecule has 1 aromatic heterocycles. The van der Waals surface area contributed by atoms with E-state index in [1.807, 2.05) is 26.0 Å².